The van der Waals surface area contributed by atoms with Crippen molar-refractivity contribution in [2.45, 2.75) is 45.8 Å². The van der Waals surface area contributed by atoms with Crippen LogP contribution in [0.5, 0.6) is 5.75 Å². The lowest BCUT2D eigenvalue weighted by Gasteiger charge is -2.36. The van der Waals surface area contributed by atoms with Crippen LogP contribution in [0.4, 0.5) is 5.00 Å². The molecule has 294 valence electrons. The number of carbonyl (C=O) groups is 3. The molecular formula is C39H42Cl2N8O5S2. The average Bonchev–Trinajstić information content (AvgIpc) is 3.80. The molecule has 7 rings (SSSR count). The van der Waals surface area contributed by atoms with Gasteiger partial charge in [-0.3, -0.25) is 34.2 Å². The minimum absolute atomic E-state index is 0.0198. The van der Waals surface area contributed by atoms with Gasteiger partial charge in [0.1, 0.15) is 47.0 Å². The quantitative estimate of drug-likeness (QED) is 0.182. The zero-order chi connectivity index (χ0) is 39.7. The number of carboxylic acid groups (broad SMARTS) is 1. The number of carbonyl (C=O) groups excluding carboxylic acids is 2. The molecule has 2 aromatic carbocycles. The van der Waals surface area contributed by atoms with Crippen LogP contribution in [0, 0.1) is 13.8 Å². The molecule has 2 atom stereocenters. The van der Waals surface area contributed by atoms with E-state index in [9.17, 15) is 14.4 Å². The Hall–Kier alpha value is -4.54. The topological polar surface area (TPSA) is 143 Å². The maximum absolute atomic E-state index is 14.0. The Kier molecular flexibility index (Phi) is 12.0. The summed E-state index contributed by atoms with van der Waals surface area (Å²) in [4.78, 5) is 54.3. The van der Waals surface area contributed by atoms with Crippen molar-refractivity contribution in [2.24, 2.45) is 10.1 Å². The molecule has 0 bridgehead atoms. The summed E-state index contributed by atoms with van der Waals surface area (Å²) in [6.45, 7) is 9.68. The Bertz CT molecular complexity index is 2200. The van der Waals surface area contributed by atoms with Crippen molar-refractivity contribution >= 4 is 80.2 Å². The largest absolute Gasteiger partial charge is 0.492 e. The van der Waals surface area contributed by atoms with Crippen LogP contribution >= 0.6 is 45.9 Å². The number of amides is 2. The summed E-state index contributed by atoms with van der Waals surface area (Å²) in [5.74, 6) is 0.0644. The van der Waals surface area contributed by atoms with E-state index in [-0.39, 0.29) is 31.0 Å². The van der Waals surface area contributed by atoms with Crippen LogP contribution in [-0.4, -0.2) is 119 Å². The fourth-order valence-electron chi connectivity index (χ4n) is 7.21. The number of thiazole rings is 1. The molecule has 2 aromatic heterocycles. The van der Waals surface area contributed by atoms with E-state index in [1.165, 1.54) is 21.8 Å². The van der Waals surface area contributed by atoms with Gasteiger partial charge in [-0.05, 0) is 56.7 Å². The van der Waals surface area contributed by atoms with Gasteiger partial charge in [0.25, 0.3) is 0 Å². The highest BCUT2D eigenvalue weighted by Crippen LogP contribution is 2.43. The molecule has 3 aliphatic heterocycles. The third-order valence-electron chi connectivity index (χ3n) is 10.2. The number of aliphatic imine (C=N–C) groups is 1. The number of aryl methyl sites for hydroxylation is 1. The highest BCUT2D eigenvalue weighted by atomic mass is 35.5. The Labute approximate surface area is 343 Å². The van der Waals surface area contributed by atoms with Crippen LogP contribution in [0.15, 0.2) is 57.9 Å². The highest BCUT2D eigenvalue weighted by molar-refractivity contribution is 7.17. The summed E-state index contributed by atoms with van der Waals surface area (Å²) in [6, 6.07) is 12.8. The zero-order valence-electron chi connectivity index (χ0n) is 31.4. The number of hydrogen-bond donors (Lipinski definition) is 2. The zero-order valence-corrected chi connectivity index (χ0v) is 34.6. The minimum Gasteiger partial charge on any atom is -0.492 e. The van der Waals surface area contributed by atoms with Gasteiger partial charge in [0, 0.05) is 71.7 Å². The minimum atomic E-state index is -1.11. The fraction of sp³-hybridized carbons (Fsp3) is 0.385. The van der Waals surface area contributed by atoms with Gasteiger partial charge in [-0.2, -0.15) is 5.10 Å². The second-order valence-corrected chi connectivity index (χ2v) is 16.8. The van der Waals surface area contributed by atoms with Gasteiger partial charge in [0.2, 0.25) is 11.8 Å². The maximum atomic E-state index is 14.0. The Morgan fingerprint density at radius 1 is 1.04 bits per heavy atom. The molecule has 0 aliphatic carbocycles. The van der Waals surface area contributed by atoms with E-state index >= 15 is 0 Å². The molecule has 1 saturated heterocycles. The molecule has 2 N–H and O–H groups in total. The van der Waals surface area contributed by atoms with Gasteiger partial charge in [0.15, 0.2) is 0 Å². The van der Waals surface area contributed by atoms with Crippen molar-refractivity contribution < 1.29 is 24.2 Å². The van der Waals surface area contributed by atoms with Crippen LogP contribution < -0.4 is 15.0 Å². The third kappa shape index (κ3) is 8.56. The van der Waals surface area contributed by atoms with Gasteiger partial charge in [0.05, 0.1) is 29.3 Å². The normalized spacial score (nSPS) is 18.2. The van der Waals surface area contributed by atoms with Crippen LogP contribution in [0.25, 0.3) is 10.6 Å². The molecule has 4 aromatic rings. The van der Waals surface area contributed by atoms with Crippen molar-refractivity contribution in [3.8, 4) is 16.3 Å². The van der Waals surface area contributed by atoms with Crippen molar-refractivity contribution in [1.82, 2.24) is 25.1 Å². The van der Waals surface area contributed by atoms with Crippen molar-refractivity contribution in [3.63, 3.8) is 0 Å². The second kappa shape index (κ2) is 16.9. The van der Waals surface area contributed by atoms with E-state index in [2.05, 4.69) is 33.9 Å². The smallest absolute Gasteiger partial charge is 0.322 e. The molecule has 2 amide bonds. The standard InChI is InChI=1S/C39H42Cl2N8O5S2/c1-22-23(2)56-39-35(22)36(25-5-7-26(40)8-6-25)44-31(38-46(4)45-24(3)49(38)39)19-33(51)48-13-11-47(12-14-48)15-16-54-28-9-10-29(30(41)18-28)37-43-27(21-55-37)17-32(50)42-20-34(52)53/h5-10,18,21,31,38H,11-17,19-20H2,1-4H3,(H,42,50)(H,52,53)/t31-,38?/m0/s1. The SMILES string of the molecule is CC1=NN(C)C2[C@H](CC(=O)N3CCN(CCOc4ccc(-c5nc(CC(=O)NCC(=O)O)cs5)c(Cl)c4)CC3)N=C(c3ccc(Cl)cc3)c3c(sc(C)c3C)N12. The Morgan fingerprint density at radius 3 is 2.50 bits per heavy atom. The first kappa shape index (κ1) is 39.7. The molecule has 5 heterocycles. The number of rotatable bonds is 12. The molecule has 13 nitrogen and oxygen atoms in total. The first-order chi connectivity index (χ1) is 26.9. The van der Waals surface area contributed by atoms with Crippen LogP contribution in [0.2, 0.25) is 10.0 Å². The summed E-state index contributed by atoms with van der Waals surface area (Å²) in [5, 5.41) is 22.5. The lowest BCUT2D eigenvalue weighted by molar-refractivity contribution is -0.137. The summed E-state index contributed by atoms with van der Waals surface area (Å²) < 4.78 is 6.05. The highest BCUT2D eigenvalue weighted by Gasteiger charge is 2.44. The van der Waals surface area contributed by atoms with Gasteiger partial charge in [-0.1, -0.05) is 35.3 Å². The molecule has 1 fully saturated rings. The molecule has 1 unspecified atom stereocenters. The van der Waals surface area contributed by atoms with Crippen LogP contribution in [0.1, 0.15) is 40.6 Å². The maximum Gasteiger partial charge on any atom is 0.322 e. The number of ether oxygens (including phenoxy) is 1. The predicted molar refractivity (Wildman–Crippen MR) is 222 cm³/mol. The lowest BCUT2D eigenvalue weighted by atomic mass is 9.99. The average molecular weight is 838 g/mol. The number of aromatic nitrogens is 1. The van der Waals surface area contributed by atoms with Crippen molar-refractivity contribution in [2.75, 3.05) is 57.8 Å². The number of halogens is 2. The Morgan fingerprint density at radius 2 is 1.79 bits per heavy atom. The molecule has 0 radical (unpaired) electrons. The fourth-order valence-corrected chi connectivity index (χ4v) is 9.74. The summed E-state index contributed by atoms with van der Waals surface area (Å²) in [6.07, 6.45) is 0.00145. The molecule has 56 heavy (non-hydrogen) atoms. The first-order valence-corrected chi connectivity index (χ1v) is 20.7. The molecular weight excluding hydrogens is 796 g/mol. The van der Waals surface area contributed by atoms with Crippen LogP contribution in [0.3, 0.4) is 0 Å². The number of thiophene rings is 1. The van der Waals surface area contributed by atoms with Gasteiger partial charge in [-0.15, -0.1) is 22.7 Å². The van der Waals surface area contributed by atoms with Gasteiger partial charge < -0.3 is 20.1 Å². The van der Waals surface area contributed by atoms with E-state index in [1.54, 1.807) is 22.8 Å². The molecule has 0 spiro atoms. The van der Waals surface area contributed by atoms with E-state index in [0.717, 1.165) is 40.8 Å². The molecule has 0 saturated carbocycles. The number of nitrogens with zero attached hydrogens (tertiary/aromatic N) is 7. The number of likely N-dealkylation sites (N-methyl/N-ethyl adjacent to an activating group) is 1. The molecule has 17 heteroatoms. The monoisotopic (exact) mass is 836 g/mol. The number of hydrogen-bond acceptors (Lipinski definition) is 12. The number of carboxylic acids is 1. The number of fused-ring (bicyclic) bond motifs is 3. The Balaban J connectivity index is 0.947. The van der Waals surface area contributed by atoms with E-state index in [4.69, 9.17) is 43.1 Å². The van der Waals surface area contributed by atoms with E-state index in [0.29, 0.717) is 58.3 Å². The lowest BCUT2D eigenvalue weighted by Crippen LogP contribution is -2.52. The number of piperazine rings is 1. The number of aliphatic carboxylic acids is 1. The summed E-state index contributed by atoms with van der Waals surface area (Å²) in [7, 11) is 1.96. The van der Waals surface area contributed by atoms with E-state index < -0.39 is 18.4 Å². The van der Waals surface area contributed by atoms with Crippen molar-refractivity contribution in [3.05, 3.63) is 85.2 Å². The van der Waals surface area contributed by atoms with E-state index in [1.807, 2.05) is 60.3 Å². The predicted octanol–water partition coefficient (Wildman–Crippen LogP) is 5.78. The first-order valence-electron chi connectivity index (χ1n) is 18.2. The number of benzene rings is 2. The summed E-state index contributed by atoms with van der Waals surface area (Å²) >= 11 is 16.0. The number of hydrazone groups is 1. The van der Waals surface area contributed by atoms with Gasteiger partial charge >= 0.3 is 5.97 Å². The number of amidine groups is 1. The summed E-state index contributed by atoms with van der Waals surface area (Å²) in [5.41, 5.74) is 5.36. The number of anilines is 1. The molecule has 3 aliphatic rings. The van der Waals surface area contributed by atoms with Gasteiger partial charge in [-0.25, -0.2) is 4.98 Å². The van der Waals surface area contributed by atoms with Crippen LogP contribution in [-0.2, 0) is 20.8 Å². The number of nitrogens with one attached hydrogen (secondary N) is 1. The second-order valence-electron chi connectivity index (χ2n) is 13.9. The third-order valence-corrected chi connectivity index (χ3v) is 12.9. The van der Waals surface area contributed by atoms with Crippen molar-refractivity contribution in [1.29, 1.82) is 0 Å².